The summed E-state index contributed by atoms with van der Waals surface area (Å²) in [4.78, 5) is 0. The largest absolute Gasteiger partial charge is 0.507 e. The van der Waals surface area contributed by atoms with Crippen molar-refractivity contribution in [3.8, 4) is 5.75 Å². The molecule has 0 amide bonds. The van der Waals surface area contributed by atoms with E-state index < -0.39 is 0 Å². The van der Waals surface area contributed by atoms with Gasteiger partial charge in [0.25, 0.3) is 0 Å². The molecule has 1 aromatic carbocycles. The van der Waals surface area contributed by atoms with Gasteiger partial charge in [-0.1, -0.05) is 23.8 Å². The summed E-state index contributed by atoms with van der Waals surface area (Å²) in [6.07, 6.45) is 3.55. The SMILES string of the molecule is CC(N)/C=C/c1cc(Cl)ccc1O. The van der Waals surface area contributed by atoms with Gasteiger partial charge in [0.15, 0.2) is 0 Å². The summed E-state index contributed by atoms with van der Waals surface area (Å²) in [5.74, 6) is 0.210. The predicted molar refractivity (Wildman–Crippen MR) is 55.8 cm³/mol. The van der Waals surface area contributed by atoms with Gasteiger partial charge in [-0.25, -0.2) is 0 Å². The zero-order valence-electron chi connectivity index (χ0n) is 7.37. The first-order valence-electron chi connectivity index (χ1n) is 4.02. The van der Waals surface area contributed by atoms with Crippen LogP contribution in [0.5, 0.6) is 5.75 Å². The Bertz CT molecular complexity index is 321. The number of aromatic hydroxyl groups is 1. The third-order valence-electron chi connectivity index (χ3n) is 1.57. The summed E-state index contributed by atoms with van der Waals surface area (Å²) in [7, 11) is 0. The molecule has 3 N–H and O–H groups in total. The Morgan fingerprint density at radius 1 is 1.54 bits per heavy atom. The molecule has 13 heavy (non-hydrogen) atoms. The first-order valence-corrected chi connectivity index (χ1v) is 4.39. The number of phenols is 1. The second-order valence-corrected chi connectivity index (χ2v) is 3.36. The van der Waals surface area contributed by atoms with Crippen LogP contribution < -0.4 is 5.73 Å². The maximum Gasteiger partial charge on any atom is 0.122 e. The van der Waals surface area contributed by atoms with E-state index in [1.807, 2.05) is 6.92 Å². The summed E-state index contributed by atoms with van der Waals surface area (Å²) < 4.78 is 0. The molecule has 1 rings (SSSR count). The van der Waals surface area contributed by atoms with Gasteiger partial charge in [0, 0.05) is 16.6 Å². The number of nitrogens with two attached hydrogens (primary N) is 1. The van der Waals surface area contributed by atoms with Crippen molar-refractivity contribution in [1.29, 1.82) is 0 Å². The summed E-state index contributed by atoms with van der Waals surface area (Å²) in [5.41, 5.74) is 6.21. The van der Waals surface area contributed by atoms with Crippen LogP contribution >= 0.6 is 11.6 Å². The van der Waals surface area contributed by atoms with Crippen LogP contribution in [-0.2, 0) is 0 Å². The first kappa shape index (κ1) is 10.1. The Kier molecular flexibility index (Phi) is 3.34. The monoisotopic (exact) mass is 197 g/mol. The molecule has 0 aliphatic carbocycles. The molecular formula is C10H12ClNO. The average Bonchev–Trinajstić information content (AvgIpc) is 2.06. The minimum Gasteiger partial charge on any atom is -0.507 e. The maximum absolute atomic E-state index is 9.40. The molecule has 1 atom stereocenters. The van der Waals surface area contributed by atoms with Gasteiger partial charge in [-0.3, -0.25) is 0 Å². The molecule has 0 fully saturated rings. The van der Waals surface area contributed by atoms with E-state index >= 15 is 0 Å². The van der Waals surface area contributed by atoms with E-state index in [0.29, 0.717) is 10.6 Å². The Labute approximate surface area is 82.6 Å². The van der Waals surface area contributed by atoms with E-state index in [1.165, 1.54) is 0 Å². The molecule has 70 valence electrons. The van der Waals surface area contributed by atoms with E-state index in [2.05, 4.69) is 0 Å². The highest BCUT2D eigenvalue weighted by atomic mass is 35.5. The molecule has 0 saturated carbocycles. The van der Waals surface area contributed by atoms with E-state index in [-0.39, 0.29) is 11.8 Å². The maximum atomic E-state index is 9.40. The Morgan fingerprint density at radius 2 is 2.23 bits per heavy atom. The average molecular weight is 198 g/mol. The van der Waals surface area contributed by atoms with Crippen LogP contribution in [0.2, 0.25) is 5.02 Å². The molecular weight excluding hydrogens is 186 g/mol. The number of hydrogen-bond acceptors (Lipinski definition) is 2. The van der Waals surface area contributed by atoms with Crippen molar-refractivity contribution in [2.45, 2.75) is 13.0 Å². The highest BCUT2D eigenvalue weighted by molar-refractivity contribution is 6.30. The van der Waals surface area contributed by atoms with Crippen molar-refractivity contribution < 1.29 is 5.11 Å². The van der Waals surface area contributed by atoms with Crippen LogP contribution in [0.15, 0.2) is 24.3 Å². The van der Waals surface area contributed by atoms with Crippen molar-refractivity contribution in [3.63, 3.8) is 0 Å². The Morgan fingerprint density at radius 3 is 2.85 bits per heavy atom. The lowest BCUT2D eigenvalue weighted by Gasteiger charge is -2.00. The van der Waals surface area contributed by atoms with E-state index in [4.69, 9.17) is 17.3 Å². The minimum atomic E-state index is -0.0293. The normalized spacial score (nSPS) is 13.5. The van der Waals surface area contributed by atoms with Gasteiger partial charge in [-0.2, -0.15) is 0 Å². The second kappa shape index (κ2) is 4.30. The van der Waals surface area contributed by atoms with Gasteiger partial charge in [0.05, 0.1) is 0 Å². The zero-order chi connectivity index (χ0) is 9.84. The number of hydrogen-bond donors (Lipinski definition) is 2. The van der Waals surface area contributed by atoms with Gasteiger partial charge in [-0.05, 0) is 25.1 Å². The van der Waals surface area contributed by atoms with Crippen molar-refractivity contribution >= 4 is 17.7 Å². The van der Waals surface area contributed by atoms with Gasteiger partial charge in [0.2, 0.25) is 0 Å². The molecule has 3 heteroatoms. The molecule has 0 heterocycles. The third-order valence-corrected chi connectivity index (χ3v) is 1.80. The highest BCUT2D eigenvalue weighted by Gasteiger charge is 1.97. The zero-order valence-corrected chi connectivity index (χ0v) is 8.12. The fraction of sp³-hybridized carbons (Fsp3) is 0.200. The molecule has 0 radical (unpaired) electrons. The molecule has 0 aliphatic rings. The van der Waals surface area contributed by atoms with Crippen molar-refractivity contribution in [2.24, 2.45) is 5.73 Å². The lowest BCUT2D eigenvalue weighted by Crippen LogP contribution is -2.09. The van der Waals surface area contributed by atoms with Crippen LogP contribution in [0.3, 0.4) is 0 Å². The number of benzene rings is 1. The minimum absolute atomic E-state index is 0.0293. The van der Waals surface area contributed by atoms with Crippen LogP contribution in [0, 0.1) is 0 Å². The summed E-state index contributed by atoms with van der Waals surface area (Å²) in [6.45, 7) is 1.86. The number of phenolic OH excluding ortho intramolecular Hbond substituents is 1. The van der Waals surface area contributed by atoms with E-state index in [9.17, 15) is 5.11 Å². The van der Waals surface area contributed by atoms with Gasteiger partial charge in [-0.15, -0.1) is 0 Å². The van der Waals surface area contributed by atoms with E-state index in [1.54, 1.807) is 30.4 Å². The summed E-state index contributed by atoms with van der Waals surface area (Å²) in [5, 5.41) is 10.00. The smallest absolute Gasteiger partial charge is 0.122 e. The standard InChI is InChI=1S/C10H12ClNO/c1-7(12)2-3-8-6-9(11)4-5-10(8)13/h2-7,13H,12H2,1H3/b3-2+. The predicted octanol–water partition coefficient (Wildman–Crippen LogP) is 2.41. The third kappa shape index (κ3) is 3.09. The second-order valence-electron chi connectivity index (χ2n) is 2.92. The molecule has 0 aromatic heterocycles. The Balaban J connectivity index is 2.93. The lowest BCUT2D eigenvalue weighted by molar-refractivity contribution is 0.474. The van der Waals surface area contributed by atoms with Crippen molar-refractivity contribution in [2.75, 3.05) is 0 Å². The molecule has 0 aliphatic heterocycles. The summed E-state index contributed by atoms with van der Waals surface area (Å²) in [6, 6.07) is 4.86. The number of halogens is 1. The van der Waals surface area contributed by atoms with Gasteiger partial charge >= 0.3 is 0 Å². The number of rotatable bonds is 2. The fourth-order valence-electron chi connectivity index (χ4n) is 0.914. The highest BCUT2D eigenvalue weighted by Crippen LogP contribution is 2.22. The van der Waals surface area contributed by atoms with Crippen LogP contribution in [0.1, 0.15) is 12.5 Å². The van der Waals surface area contributed by atoms with Crippen molar-refractivity contribution in [1.82, 2.24) is 0 Å². The van der Waals surface area contributed by atoms with Crippen LogP contribution in [0.4, 0.5) is 0 Å². The van der Waals surface area contributed by atoms with Gasteiger partial charge in [0.1, 0.15) is 5.75 Å². The van der Waals surface area contributed by atoms with Crippen molar-refractivity contribution in [3.05, 3.63) is 34.9 Å². The quantitative estimate of drug-likeness (QED) is 0.765. The molecule has 1 unspecified atom stereocenters. The van der Waals surface area contributed by atoms with Crippen LogP contribution in [-0.4, -0.2) is 11.1 Å². The molecule has 2 nitrogen and oxygen atoms in total. The lowest BCUT2D eigenvalue weighted by atomic mass is 10.1. The molecule has 0 saturated heterocycles. The molecule has 0 spiro atoms. The fourth-order valence-corrected chi connectivity index (χ4v) is 1.09. The van der Waals surface area contributed by atoms with E-state index in [0.717, 1.165) is 0 Å². The van der Waals surface area contributed by atoms with Crippen LogP contribution in [0.25, 0.3) is 6.08 Å². The molecule has 0 bridgehead atoms. The first-order chi connectivity index (χ1) is 6.09. The topological polar surface area (TPSA) is 46.2 Å². The molecule has 1 aromatic rings. The summed E-state index contributed by atoms with van der Waals surface area (Å²) >= 11 is 5.76. The van der Waals surface area contributed by atoms with Gasteiger partial charge < -0.3 is 10.8 Å². The Hall–Kier alpha value is -0.990.